The SMILES string of the molecule is CCOCCOCCNC(=O)CCCCC[N+]1=C(/C=C/C2=C(Oc3ccc(S(=O)(=O)O)cc3)C(=C/C=C3/N(CCCCO)c4ccc(S(=O)(=O)O)cc4C3(C)C)/CCC2)C(C)(C)c2cc(S(=O)(=O)O)ccc21. The lowest BCUT2D eigenvalue weighted by molar-refractivity contribution is -0.438. The van der Waals surface area contributed by atoms with E-state index in [1.54, 1.807) is 12.1 Å². The molecule has 1 aliphatic carbocycles. The number of carbonyl (C=O) groups is 1. The van der Waals surface area contributed by atoms with Crippen molar-refractivity contribution >= 4 is 53.3 Å². The maximum absolute atomic E-state index is 12.6. The van der Waals surface area contributed by atoms with E-state index in [1.165, 1.54) is 48.5 Å². The third-order valence-electron chi connectivity index (χ3n) is 13.2. The maximum atomic E-state index is 12.6. The minimum absolute atomic E-state index is 0.00138. The Hall–Kier alpha value is -5.03. The molecule has 0 saturated heterocycles. The van der Waals surface area contributed by atoms with Crippen molar-refractivity contribution in [2.45, 2.75) is 118 Å². The quantitative estimate of drug-likeness (QED) is 0.0307. The number of allylic oxidation sites excluding steroid dienone is 7. The van der Waals surface area contributed by atoms with Crippen molar-refractivity contribution in [1.82, 2.24) is 5.32 Å². The number of nitrogens with zero attached hydrogens (tertiary/aromatic N) is 2. The van der Waals surface area contributed by atoms with Crippen molar-refractivity contribution in [3.8, 4) is 5.75 Å². The average molecular weight is 1060 g/mol. The first-order valence-corrected chi connectivity index (χ1v) is 28.6. The first-order valence-electron chi connectivity index (χ1n) is 24.3. The van der Waals surface area contributed by atoms with Crippen LogP contribution in [0.15, 0.2) is 122 Å². The lowest BCUT2D eigenvalue weighted by atomic mass is 9.81. The summed E-state index contributed by atoms with van der Waals surface area (Å²) >= 11 is 0. The predicted octanol–water partition coefficient (Wildman–Crippen LogP) is 7.99. The highest BCUT2D eigenvalue weighted by Crippen LogP contribution is 2.49. The van der Waals surface area contributed by atoms with E-state index in [1.807, 2.05) is 58.9 Å². The third-order valence-corrected chi connectivity index (χ3v) is 15.8. The molecule has 72 heavy (non-hydrogen) atoms. The van der Waals surface area contributed by atoms with Gasteiger partial charge in [-0.2, -0.15) is 29.8 Å². The molecule has 20 heteroatoms. The van der Waals surface area contributed by atoms with E-state index in [9.17, 15) is 48.8 Å². The number of nitrogens with one attached hydrogen (secondary N) is 1. The van der Waals surface area contributed by atoms with E-state index in [0.29, 0.717) is 114 Å². The van der Waals surface area contributed by atoms with Crippen molar-refractivity contribution in [2.75, 3.05) is 57.6 Å². The summed E-state index contributed by atoms with van der Waals surface area (Å²) in [5.74, 6) is 0.747. The summed E-state index contributed by atoms with van der Waals surface area (Å²) in [6.07, 6.45) is 13.4. The molecule has 0 spiro atoms. The van der Waals surface area contributed by atoms with Crippen LogP contribution in [0.1, 0.15) is 104 Å². The molecule has 1 amide bonds. The standard InChI is InChI=1S/C52H67N3O14S3/c1-6-67-33-34-68-32-28-53-49(57)15-8-7-9-29-54-45-24-22-41(71(61,62)63)35-43(45)51(2,3)47(54)26-16-37-13-12-14-38(50(37)69-39-18-20-40(21-19-39)70(58,59)60)17-27-48-52(4,5)44-36-42(72(64,65)66)23-25-46(44)55(48)30-10-11-31-56/h16-27,35-36,56H,6-15,28-34H2,1-5H3,(H3-,53,57,58,59,60,61,62,63,64,65,66)/p+1. The number of fused-ring (bicyclic) bond motifs is 2. The van der Waals surface area contributed by atoms with Crippen molar-refractivity contribution < 1.29 is 67.6 Å². The number of amides is 1. The Kier molecular flexibility index (Phi) is 18.7. The number of aliphatic hydroxyl groups is 1. The molecular weight excluding hydrogens is 987 g/mol. The molecule has 3 aliphatic rings. The largest absolute Gasteiger partial charge is 0.457 e. The van der Waals surface area contributed by atoms with Crippen LogP contribution in [0.4, 0.5) is 11.4 Å². The summed E-state index contributed by atoms with van der Waals surface area (Å²) in [6, 6.07) is 14.5. The van der Waals surface area contributed by atoms with Gasteiger partial charge in [-0.3, -0.25) is 18.5 Å². The van der Waals surface area contributed by atoms with Crippen LogP contribution in [-0.4, -0.2) is 113 Å². The molecule has 0 bridgehead atoms. The predicted molar refractivity (Wildman–Crippen MR) is 274 cm³/mol. The number of aliphatic hydroxyl groups excluding tert-OH is 1. The fraction of sp³-hybridized carbons (Fsp3) is 0.462. The Morgan fingerprint density at radius 2 is 1.39 bits per heavy atom. The van der Waals surface area contributed by atoms with E-state index in [2.05, 4.69) is 14.8 Å². The number of hydrogen-bond donors (Lipinski definition) is 5. The molecule has 3 aromatic carbocycles. The highest BCUT2D eigenvalue weighted by Gasteiger charge is 2.45. The Bertz CT molecular complexity index is 2970. The smallest absolute Gasteiger partial charge is 0.294 e. The van der Waals surface area contributed by atoms with Crippen LogP contribution in [0.2, 0.25) is 0 Å². The van der Waals surface area contributed by atoms with Gasteiger partial charge in [0.2, 0.25) is 11.6 Å². The molecule has 6 rings (SSSR count). The number of ether oxygens (including phenoxy) is 3. The summed E-state index contributed by atoms with van der Waals surface area (Å²) in [5.41, 5.74) is 4.78. The second kappa shape index (κ2) is 23.9. The van der Waals surface area contributed by atoms with Crippen molar-refractivity contribution in [3.05, 3.63) is 119 Å². The van der Waals surface area contributed by atoms with E-state index in [-0.39, 0.29) is 27.2 Å². The van der Waals surface area contributed by atoms with Gasteiger partial charge in [0.15, 0.2) is 5.71 Å². The van der Waals surface area contributed by atoms with E-state index in [4.69, 9.17) is 14.2 Å². The maximum Gasteiger partial charge on any atom is 0.294 e. The van der Waals surface area contributed by atoms with Gasteiger partial charge in [-0.25, -0.2) is 0 Å². The van der Waals surface area contributed by atoms with Crippen LogP contribution in [-0.2, 0) is 55.5 Å². The summed E-state index contributed by atoms with van der Waals surface area (Å²) in [5, 5.41) is 12.5. The van der Waals surface area contributed by atoms with Crippen LogP contribution in [0.25, 0.3) is 0 Å². The second-order valence-electron chi connectivity index (χ2n) is 19.0. The molecule has 0 aromatic heterocycles. The fourth-order valence-electron chi connectivity index (χ4n) is 9.45. The molecule has 0 saturated carbocycles. The molecule has 2 heterocycles. The van der Waals surface area contributed by atoms with Crippen LogP contribution in [0.5, 0.6) is 5.75 Å². The van der Waals surface area contributed by atoms with Crippen LogP contribution < -0.4 is 15.0 Å². The molecule has 3 aromatic rings. The van der Waals surface area contributed by atoms with Gasteiger partial charge in [-0.05, 0) is 149 Å². The first kappa shape index (κ1) is 56.3. The molecule has 5 N–H and O–H groups in total. The van der Waals surface area contributed by atoms with Crippen molar-refractivity contribution in [1.29, 1.82) is 0 Å². The first-order chi connectivity index (χ1) is 34.0. The number of anilines is 1. The zero-order valence-corrected chi connectivity index (χ0v) is 44.0. The lowest BCUT2D eigenvalue weighted by Crippen LogP contribution is -2.28. The minimum atomic E-state index is -4.52. The normalized spacial score (nSPS) is 17.9. The number of unbranched alkanes of at least 4 members (excludes halogenated alkanes) is 3. The van der Waals surface area contributed by atoms with Gasteiger partial charge < -0.3 is 29.5 Å². The number of hydrogen-bond acceptors (Lipinski definition) is 12. The average Bonchev–Trinajstić information content (AvgIpc) is 3.66. The Morgan fingerprint density at radius 3 is 2.06 bits per heavy atom. The zero-order chi connectivity index (χ0) is 52.5. The van der Waals surface area contributed by atoms with Gasteiger partial charge >= 0.3 is 0 Å². The van der Waals surface area contributed by atoms with Gasteiger partial charge in [-0.1, -0.05) is 19.9 Å². The highest BCUT2D eigenvalue weighted by molar-refractivity contribution is 7.86. The Morgan fingerprint density at radius 1 is 0.736 bits per heavy atom. The lowest BCUT2D eigenvalue weighted by Gasteiger charge is -2.27. The van der Waals surface area contributed by atoms with Crippen molar-refractivity contribution in [3.63, 3.8) is 0 Å². The zero-order valence-electron chi connectivity index (χ0n) is 41.6. The summed E-state index contributed by atoms with van der Waals surface area (Å²) in [7, 11) is -13.5. The molecule has 0 fully saturated rings. The molecule has 0 radical (unpaired) electrons. The van der Waals surface area contributed by atoms with Gasteiger partial charge in [-0.15, -0.1) is 0 Å². The van der Waals surface area contributed by atoms with Crippen LogP contribution in [0.3, 0.4) is 0 Å². The molecular formula is C52H68N3O14S3+. The van der Waals surface area contributed by atoms with Gasteiger partial charge in [0.05, 0.1) is 39.9 Å². The Balaban J connectivity index is 1.37. The second-order valence-corrected chi connectivity index (χ2v) is 23.2. The minimum Gasteiger partial charge on any atom is -0.457 e. The molecule has 2 aliphatic heterocycles. The third kappa shape index (κ3) is 13.8. The van der Waals surface area contributed by atoms with Gasteiger partial charge in [0.25, 0.3) is 30.4 Å². The highest BCUT2D eigenvalue weighted by atomic mass is 32.2. The molecule has 392 valence electrons. The summed E-state index contributed by atoms with van der Waals surface area (Å²) in [4.78, 5) is 13.9. The number of carbonyl (C=O) groups excluding carboxylic acids is 1. The van der Waals surface area contributed by atoms with Crippen LogP contribution in [0, 0.1) is 0 Å². The molecule has 17 nitrogen and oxygen atoms in total. The van der Waals surface area contributed by atoms with E-state index in [0.717, 1.165) is 46.8 Å². The van der Waals surface area contributed by atoms with Crippen LogP contribution >= 0.6 is 0 Å². The monoisotopic (exact) mass is 1050 g/mol. The van der Waals surface area contributed by atoms with E-state index < -0.39 is 41.2 Å². The summed E-state index contributed by atoms with van der Waals surface area (Å²) in [6.45, 7) is 13.2. The van der Waals surface area contributed by atoms with Gasteiger partial charge in [0, 0.05) is 73.7 Å². The molecule has 0 unspecified atom stereocenters. The molecule has 0 atom stereocenters. The van der Waals surface area contributed by atoms with E-state index >= 15 is 0 Å². The van der Waals surface area contributed by atoms with Crippen molar-refractivity contribution in [2.24, 2.45) is 0 Å². The van der Waals surface area contributed by atoms with Gasteiger partial charge in [0.1, 0.15) is 18.1 Å². The number of benzene rings is 3. The topological polar surface area (TPSA) is 246 Å². The fourth-order valence-corrected chi connectivity index (χ4v) is 10.9. The Labute approximate surface area is 424 Å². The number of rotatable bonds is 25. The summed E-state index contributed by atoms with van der Waals surface area (Å²) < 4.78 is 122.